The number of primary amides is 1. The van der Waals surface area contributed by atoms with Gasteiger partial charge in [-0.3, -0.25) is 4.79 Å². The van der Waals surface area contributed by atoms with Crippen LogP contribution in [0.25, 0.3) is 0 Å². The molecule has 2 aromatic rings. The van der Waals surface area contributed by atoms with Crippen molar-refractivity contribution in [2.24, 2.45) is 11.5 Å². The van der Waals surface area contributed by atoms with Gasteiger partial charge in [-0.25, -0.2) is 4.39 Å². The van der Waals surface area contributed by atoms with Gasteiger partial charge >= 0.3 is 0 Å². The molecule has 0 saturated carbocycles. The molecule has 4 N–H and O–H groups in total. The van der Waals surface area contributed by atoms with Gasteiger partial charge in [0.1, 0.15) is 17.3 Å². The minimum absolute atomic E-state index is 0.0102. The molecule has 104 valence electrons. The van der Waals surface area contributed by atoms with Crippen LogP contribution < -0.4 is 16.2 Å². The molecular weight excluding hydrogens is 259 g/mol. The van der Waals surface area contributed by atoms with Crippen LogP contribution in [0.15, 0.2) is 42.5 Å². The van der Waals surface area contributed by atoms with E-state index in [2.05, 4.69) is 0 Å². The largest absolute Gasteiger partial charge is 0.457 e. The molecule has 0 aliphatic carbocycles. The summed E-state index contributed by atoms with van der Waals surface area (Å²) in [6.45, 7) is 0.573. The van der Waals surface area contributed by atoms with Gasteiger partial charge in [-0.15, -0.1) is 0 Å². The first-order valence-corrected chi connectivity index (χ1v) is 6.16. The fourth-order valence-electron chi connectivity index (χ4n) is 1.80. The highest BCUT2D eigenvalue weighted by Gasteiger charge is 2.11. The van der Waals surface area contributed by atoms with E-state index in [4.69, 9.17) is 16.2 Å². The second-order valence-electron chi connectivity index (χ2n) is 4.29. The maximum atomic E-state index is 13.1. The van der Waals surface area contributed by atoms with Crippen LogP contribution in [0.5, 0.6) is 11.5 Å². The average Bonchev–Trinajstić information content (AvgIpc) is 2.43. The zero-order chi connectivity index (χ0) is 14.5. The number of amides is 1. The molecule has 0 heterocycles. The standard InChI is InChI=1S/C15H15FN2O2/c16-11-3-6-14(13(9-11)15(18)19)20-12-4-1-10(2-5-12)7-8-17/h1-6,9H,7-8,17H2,(H2,18,19). The molecule has 5 heteroatoms. The van der Waals surface area contributed by atoms with Gasteiger partial charge in [0.05, 0.1) is 5.56 Å². The lowest BCUT2D eigenvalue weighted by Gasteiger charge is -2.09. The highest BCUT2D eigenvalue weighted by atomic mass is 19.1. The molecule has 0 bridgehead atoms. The van der Waals surface area contributed by atoms with Gasteiger partial charge in [-0.2, -0.15) is 0 Å². The Labute approximate surface area is 116 Å². The lowest BCUT2D eigenvalue weighted by atomic mass is 10.1. The summed E-state index contributed by atoms with van der Waals surface area (Å²) in [7, 11) is 0. The van der Waals surface area contributed by atoms with Crippen LogP contribution in [0.2, 0.25) is 0 Å². The first-order valence-electron chi connectivity index (χ1n) is 6.16. The second-order valence-corrected chi connectivity index (χ2v) is 4.29. The molecule has 2 aromatic carbocycles. The highest BCUT2D eigenvalue weighted by molar-refractivity contribution is 5.95. The zero-order valence-corrected chi connectivity index (χ0v) is 10.8. The Morgan fingerprint density at radius 2 is 1.85 bits per heavy atom. The Hall–Kier alpha value is -2.40. The Morgan fingerprint density at radius 1 is 1.15 bits per heavy atom. The first-order chi connectivity index (χ1) is 9.60. The Bertz CT molecular complexity index is 612. The van der Waals surface area contributed by atoms with E-state index in [0.717, 1.165) is 18.1 Å². The number of rotatable bonds is 5. The first kappa shape index (κ1) is 14.0. The Kier molecular flexibility index (Phi) is 4.32. The van der Waals surface area contributed by atoms with Crippen molar-refractivity contribution in [3.8, 4) is 11.5 Å². The van der Waals surface area contributed by atoms with Gasteiger partial charge in [0.2, 0.25) is 0 Å². The van der Waals surface area contributed by atoms with Crippen molar-refractivity contribution in [3.63, 3.8) is 0 Å². The maximum absolute atomic E-state index is 13.1. The van der Waals surface area contributed by atoms with Crippen molar-refractivity contribution >= 4 is 5.91 Å². The van der Waals surface area contributed by atoms with Crippen molar-refractivity contribution in [1.82, 2.24) is 0 Å². The number of halogens is 1. The summed E-state index contributed by atoms with van der Waals surface area (Å²) in [6.07, 6.45) is 0.781. The molecule has 0 atom stereocenters. The van der Waals surface area contributed by atoms with Gasteiger partial charge in [0.25, 0.3) is 5.91 Å². The molecular formula is C15H15FN2O2. The summed E-state index contributed by atoms with van der Waals surface area (Å²) in [4.78, 5) is 11.3. The summed E-state index contributed by atoms with van der Waals surface area (Å²) in [5.41, 5.74) is 11.8. The topological polar surface area (TPSA) is 78.3 Å². The molecule has 0 aromatic heterocycles. The summed E-state index contributed by atoms with van der Waals surface area (Å²) in [5.74, 6) is -0.506. The normalized spacial score (nSPS) is 10.3. The van der Waals surface area contributed by atoms with E-state index in [0.29, 0.717) is 12.3 Å². The van der Waals surface area contributed by atoms with Crippen LogP contribution in [0.4, 0.5) is 4.39 Å². The molecule has 1 amide bonds. The molecule has 0 spiro atoms. The van der Waals surface area contributed by atoms with Crippen molar-refractivity contribution < 1.29 is 13.9 Å². The van der Waals surface area contributed by atoms with Gasteiger partial charge in [-0.1, -0.05) is 12.1 Å². The summed E-state index contributed by atoms with van der Waals surface area (Å²) in [5, 5.41) is 0. The summed E-state index contributed by atoms with van der Waals surface area (Å²) < 4.78 is 18.7. The smallest absolute Gasteiger partial charge is 0.252 e. The van der Waals surface area contributed by atoms with Crippen molar-refractivity contribution in [2.75, 3.05) is 6.54 Å². The lowest BCUT2D eigenvalue weighted by molar-refractivity contribution is 0.0997. The minimum atomic E-state index is -0.737. The van der Waals surface area contributed by atoms with Crippen LogP contribution in [0.1, 0.15) is 15.9 Å². The molecule has 2 rings (SSSR count). The van der Waals surface area contributed by atoms with E-state index in [9.17, 15) is 9.18 Å². The number of ether oxygens (including phenoxy) is 1. The van der Waals surface area contributed by atoms with Crippen molar-refractivity contribution in [1.29, 1.82) is 0 Å². The van der Waals surface area contributed by atoms with Crippen molar-refractivity contribution in [2.45, 2.75) is 6.42 Å². The van der Waals surface area contributed by atoms with Gasteiger partial charge in [0, 0.05) is 0 Å². The summed E-state index contributed by atoms with van der Waals surface area (Å²) >= 11 is 0. The number of carbonyl (C=O) groups excluding carboxylic acids is 1. The third kappa shape index (κ3) is 3.33. The molecule has 0 aliphatic rings. The molecule has 0 saturated heterocycles. The van der Waals surface area contributed by atoms with E-state index < -0.39 is 11.7 Å². The quantitative estimate of drug-likeness (QED) is 0.877. The molecule has 4 nitrogen and oxygen atoms in total. The fraction of sp³-hybridized carbons (Fsp3) is 0.133. The number of hydrogen-bond donors (Lipinski definition) is 2. The van der Waals surface area contributed by atoms with Gasteiger partial charge < -0.3 is 16.2 Å². The van der Waals surface area contributed by atoms with E-state index in [1.54, 1.807) is 12.1 Å². The van der Waals surface area contributed by atoms with E-state index in [1.165, 1.54) is 12.1 Å². The van der Waals surface area contributed by atoms with Crippen LogP contribution in [-0.4, -0.2) is 12.5 Å². The fourth-order valence-corrected chi connectivity index (χ4v) is 1.80. The van der Waals surface area contributed by atoms with E-state index >= 15 is 0 Å². The zero-order valence-electron chi connectivity index (χ0n) is 10.8. The lowest BCUT2D eigenvalue weighted by Crippen LogP contribution is -2.12. The monoisotopic (exact) mass is 274 g/mol. The second kappa shape index (κ2) is 6.16. The van der Waals surface area contributed by atoms with Gasteiger partial charge in [-0.05, 0) is 48.9 Å². The number of hydrogen-bond acceptors (Lipinski definition) is 3. The number of carbonyl (C=O) groups is 1. The predicted molar refractivity (Wildman–Crippen MR) is 74.2 cm³/mol. The SMILES string of the molecule is NCCc1ccc(Oc2ccc(F)cc2C(N)=O)cc1. The van der Waals surface area contributed by atoms with Crippen LogP contribution in [0.3, 0.4) is 0 Å². The molecule has 20 heavy (non-hydrogen) atoms. The third-order valence-electron chi connectivity index (χ3n) is 2.79. The third-order valence-corrected chi connectivity index (χ3v) is 2.79. The van der Waals surface area contributed by atoms with Crippen molar-refractivity contribution in [3.05, 3.63) is 59.4 Å². The van der Waals surface area contributed by atoms with Crippen LogP contribution in [-0.2, 0) is 6.42 Å². The maximum Gasteiger partial charge on any atom is 0.252 e. The van der Waals surface area contributed by atoms with Crippen LogP contribution >= 0.6 is 0 Å². The highest BCUT2D eigenvalue weighted by Crippen LogP contribution is 2.26. The number of nitrogens with two attached hydrogens (primary N) is 2. The molecule has 0 aliphatic heterocycles. The molecule has 0 unspecified atom stereocenters. The Morgan fingerprint density at radius 3 is 2.45 bits per heavy atom. The Balaban J connectivity index is 2.23. The van der Waals surface area contributed by atoms with Crippen LogP contribution in [0, 0.1) is 5.82 Å². The minimum Gasteiger partial charge on any atom is -0.457 e. The predicted octanol–water partition coefficient (Wildman–Crippen LogP) is 2.22. The molecule has 0 fully saturated rings. The average molecular weight is 274 g/mol. The molecule has 0 radical (unpaired) electrons. The number of benzene rings is 2. The van der Waals surface area contributed by atoms with E-state index in [-0.39, 0.29) is 11.3 Å². The summed E-state index contributed by atoms with van der Waals surface area (Å²) in [6, 6.07) is 10.9. The van der Waals surface area contributed by atoms with Gasteiger partial charge in [0.15, 0.2) is 0 Å². The van der Waals surface area contributed by atoms with E-state index in [1.807, 2.05) is 12.1 Å².